The van der Waals surface area contributed by atoms with Crippen LogP contribution >= 0.6 is 11.6 Å². The smallest absolute Gasteiger partial charge is 0.244 e. The monoisotopic (exact) mass is 315 g/mol. The molecule has 2 aromatic rings. The van der Waals surface area contributed by atoms with Crippen LogP contribution in [0.3, 0.4) is 0 Å². The maximum absolute atomic E-state index is 11.9. The predicted molar refractivity (Wildman–Crippen MR) is 89.7 cm³/mol. The lowest BCUT2D eigenvalue weighted by molar-refractivity contribution is -0.117. The number of nitrogens with one attached hydrogen (secondary N) is 1. The molecule has 0 saturated carbocycles. The SMILES string of the molecule is COC(CNC(=O)/C=C/c1ccccc1)c1ccccc1Cl. The second-order valence-electron chi connectivity index (χ2n) is 4.74. The summed E-state index contributed by atoms with van der Waals surface area (Å²) in [6.07, 6.45) is 3.00. The minimum absolute atomic E-state index is 0.169. The van der Waals surface area contributed by atoms with E-state index in [4.69, 9.17) is 16.3 Å². The molecule has 114 valence electrons. The fourth-order valence-corrected chi connectivity index (χ4v) is 2.30. The average Bonchev–Trinajstić information content (AvgIpc) is 2.56. The molecule has 0 fully saturated rings. The molecule has 0 radical (unpaired) electrons. The Hall–Kier alpha value is -2.10. The number of ether oxygens (including phenoxy) is 1. The number of halogens is 1. The van der Waals surface area contributed by atoms with Gasteiger partial charge in [-0.1, -0.05) is 60.1 Å². The van der Waals surface area contributed by atoms with E-state index in [0.29, 0.717) is 11.6 Å². The first-order valence-corrected chi connectivity index (χ1v) is 7.36. The van der Waals surface area contributed by atoms with E-state index in [-0.39, 0.29) is 12.0 Å². The van der Waals surface area contributed by atoms with Gasteiger partial charge in [0.25, 0.3) is 0 Å². The normalized spacial score (nSPS) is 12.3. The van der Waals surface area contributed by atoms with Crippen molar-refractivity contribution in [1.82, 2.24) is 5.32 Å². The number of carbonyl (C=O) groups excluding carboxylic acids is 1. The van der Waals surface area contributed by atoms with Crippen LogP contribution in [0.15, 0.2) is 60.7 Å². The van der Waals surface area contributed by atoms with Gasteiger partial charge in [-0.3, -0.25) is 4.79 Å². The summed E-state index contributed by atoms with van der Waals surface area (Å²) in [5.41, 5.74) is 1.84. The number of benzene rings is 2. The van der Waals surface area contributed by atoms with Crippen LogP contribution in [0.1, 0.15) is 17.2 Å². The lowest BCUT2D eigenvalue weighted by atomic mass is 10.1. The van der Waals surface area contributed by atoms with Crippen LogP contribution in [0.2, 0.25) is 5.02 Å². The standard InChI is InChI=1S/C18H18ClNO2/c1-22-17(15-9-5-6-10-16(15)19)13-20-18(21)12-11-14-7-3-2-4-8-14/h2-12,17H,13H2,1H3,(H,20,21)/b12-11+. The molecule has 0 aliphatic heterocycles. The van der Waals surface area contributed by atoms with Gasteiger partial charge in [-0.2, -0.15) is 0 Å². The summed E-state index contributed by atoms with van der Waals surface area (Å²) in [5, 5.41) is 3.45. The van der Waals surface area contributed by atoms with Crippen molar-refractivity contribution >= 4 is 23.6 Å². The van der Waals surface area contributed by atoms with Gasteiger partial charge in [0.15, 0.2) is 0 Å². The Kier molecular flexibility index (Phi) is 6.19. The molecule has 22 heavy (non-hydrogen) atoms. The van der Waals surface area contributed by atoms with Crippen LogP contribution in [-0.4, -0.2) is 19.6 Å². The third-order valence-electron chi connectivity index (χ3n) is 3.23. The molecule has 4 heteroatoms. The van der Waals surface area contributed by atoms with E-state index in [1.165, 1.54) is 6.08 Å². The molecule has 0 aromatic heterocycles. The van der Waals surface area contributed by atoms with Crippen LogP contribution in [0.5, 0.6) is 0 Å². The van der Waals surface area contributed by atoms with Gasteiger partial charge >= 0.3 is 0 Å². The Balaban J connectivity index is 1.92. The summed E-state index contributed by atoms with van der Waals surface area (Å²) in [6, 6.07) is 17.1. The Bertz CT molecular complexity index is 641. The summed E-state index contributed by atoms with van der Waals surface area (Å²) in [7, 11) is 1.60. The second kappa shape index (κ2) is 8.37. The van der Waals surface area contributed by atoms with E-state index in [2.05, 4.69) is 5.32 Å². The van der Waals surface area contributed by atoms with Crippen LogP contribution < -0.4 is 5.32 Å². The fraction of sp³-hybridized carbons (Fsp3) is 0.167. The predicted octanol–water partition coefficient (Wildman–Crippen LogP) is 3.86. The van der Waals surface area contributed by atoms with Crippen molar-refractivity contribution in [3.63, 3.8) is 0 Å². The zero-order valence-corrected chi connectivity index (χ0v) is 13.1. The van der Waals surface area contributed by atoms with Gasteiger partial charge in [0.1, 0.15) is 6.10 Å². The highest BCUT2D eigenvalue weighted by Crippen LogP contribution is 2.24. The van der Waals surface area contributed by atoms with Crippen molar-refractivity contribution in [2.75, 3.05) is 13.7 Å². The molecule has 2 aromatic carbocycles. The first-order chi connectivity index (χ1) is 10.7. The Morgan fingerprint density at radius 3 is 2.55 bits per heavy atom. The van der Waals surface area contributed by atoms with Crippen molar-refractivity contribution < 1.29 is 9.53 Å². The van der Waals surface area contributed by atoms with Gasteiger partial charge < -0.3 is 10.1 Å². The largest absolute Gasteiger partial charge is 0.375 e. The topological polar surface area (TPSA) is 38.3 Å². The first-order valence-electron chi connectivity index (χ1n) is 6.99. The summed E-state index contributed by atoms with van der Waals surface area (Å²) in [6.45, 7) is 0.359. The van der Waals surface area contributed by atoms with Crippen LogP contribution in [0.4, 0.5) is 0 Å². The molecule has 0 aliphatic rings. The Morgan fingerprint density at radius 2 is 1.86 bits per heavy atom. The summed E-state index contributed by atoms with van der Waals surface area (Å²) >= 11 is 6.15. The van der Waals surface area contributed by atoms with Gasteiger partial charge in [-0.25, -0.2) is 0 Å². The van der Waals surface area contributed by atoms with Crippen molar-refractivity contribution in [3.05, 3.63) is 76.8 Å². The molecule has 0 aliphatic carbocycles. The molecule has 0 spiro atoms. The minimum atomic E-state index is -0.275. The van der Waals surface area contributed by atoms with Gasteiger partial charge in [0.05, 0.1) is 0 Å². The summed E-state index contributed by atoms with van der Waals surface area (Å²) < 4.78 is 5.41. The fourth-order valence-electron chi connectivity index (χ4n) is 2.04. The van der Waals surface area contributed by atoms with E-state index in [9.17, 15) is 4.79 Å². The highest BCUT2D eigenvalue weighted by molar-refractivity contribution is 6.31. The van der Waals surface area contributed by atoms with Crippen molar-refractivity contribution in [2.45, 2.75) is 6.10 Å². The molecule has 0 bridgehead atoms. The summed E-state index contributed by atoms with van der Waals surface area (Å²) in [4.78, 5) is 11.9. The van der Waals surface area contributed by atoms with Gasteiger partial charge in [0.2, 0.25) is 5.91 Å². The van der Waals surface area contributed by atoms with Crippen LogP contribution in [0.25, 0.3) is 6.08 Å². The highest BCUT2D eigenvalue weighted by Gasteiger charge is 2.14. The molecule has 0 saturated heterocycles. The first kappa shape index (κ1) is 16.3. The number of carbonyl (C=O) groups is 1. The minimum Gasteiger partial charge on any atom is -0.375 e. The molecule has 1 unspecified atom stereocenters. The number of amides is 1. The van der Waals surface area contributed by atoms with Gasteiger partial charge in [-0.15, -0.1) is 0 Å². The molecular formula is C18H18ClNO2. The van der Waals surface area contributed by atoms with Gasteiger partial charge in [0, 0.05) is 30.3 Å². The van der Waals surface area contributed by atoms with Crippen molar-refractivity contribution in [2.24, 2.45) is 0 Å². The molecule has 0 heterocycles. The molecular weight excluding hydrogens is 298 g/mol. The van der Waals surface area contributed by atoms with Crippen molar-refractivity contribution in [3.8, 4) is 0 Å². The van der Waals surface area contributed by atoms with Gasteiger partial charge in [-0.05, 0) is 17.7 Å². The lowest BCUT2D eigenvalue weighted by Gasteiger charge is -2.17. The molecule has 1 N–H and O–H groups in total. The molecule has 2 rings (SSSR count). The number of methoxy groups -OCH3 is 1. The van der Waals surface area contributed by atoms with Crippen LogP contribution in [-0.2, 0) is 9.53 Å². The van der Waals surface area contributed by atoms with Crippen molar-refractivity contribution in [1.29, 1.82) is 0 Å². The van der Waals surface area contributed by atoms with Crippen LogP contribution in [0, 0.1) is 0 Å². The van der Waals surface area contributed by atoms with E-state index < -0.39 is 0 Å². The van der Waals surface area contributed by atoms with E-state index in [0.717, 1.165) is 11.1 Å². The number of hydrogen-bond donors (Lipinski definition) is 1. The maximum atomic E-state index is 11.9. The molecule has 3 nitrogen and oxygen atoms in total. The third-order valence-corrected chi connectivity index (χ3v) is 3.57. The average molecular weight is 316 g/mol. The zero-order valence-electron chi connectivity index (χ0n) is 12.3. The lowest BCUT2D eigenvalue weighted by Crippen LogP contribution is -2.27. The Labute approximate surface area is 135 Å². The quantitative estimate of drug-likeness (QED) is 0.822. The maximum Gasteiger partial charge on any atom is 0.244 e. The molecule has 1 amide bonds. The Morgan fingerprint density at radius 1 is 1.18 bits per heavy atom. The second-order valence-corrected chi connectivity index (χ2v) is 5.14. The number of hydrogen-bond acceptors (Lipinski definition) is 2. The molecule has 1 atom stereocenters. The van der Waals surface area contributed by atoms with E-state index in [1.54, 1.807) is 19.3 Å². The summed E-state index contributed by atoms with van der Waals surface area (Å²) in [5.74, 6) is -0.169. The highest BCUT2D eigenvalue weighted by atomic mass is 35.5. The third kappa shape index (κ3) is 4.72. The zero-order chi connectivity index (χ0) is 15.8. The van der Waals surface area contributed by atoms with E-state index in [1.807, 2.05) is 48.5 Å². The van der Waals surface area contributed by atoms with E-state index >= 15 is 0 Å². The number of rotatable bonds is 6.